The molecule has 1 fully saturated rings. The third kappa shape index (κ3) is 4.07. The summed E-state index contributed by atoms with van der Waals surface area (Å²) in [6.07, 6.45) is 0.741. The second-order valence-electron chi connectivity index (χ2n) is 6.48. The minimum Gasteiger partial charge on any atom is -0.335 e. The van der Waals surface area contributed by atoms with Crippen LogP contribution in [0.5, 0.6) is 0 Å². The molecule has 0 radical (unpaired) electrons. The Morgan fingerprint density at radius 1 is 1.15 bits per heavy atom. The average Bonchev–Trinajstić information content (AvgIpc) is 3.38. The van der Waals surface area contributed by atoms with Gasteiger partial charge in [-0.05, 0) is 18.0 Å². The molecule has 8 heteroatoms. The maximum Gasteiger partial charge on any atom is 0.267 e. The number of carbonyl (C=O) groups is 1. The number of aromatic nitrogens is 3. The van der Waals surface area contributed by atoms with Crippen LogP contribution < -0.4 is 0 Å². The van der Waals surface area contributed by atoms with E-state index in [-0.39, 0.29) is 5.91 Å². The van der Waals surface area contributed by atoms with Crippen molar-refractivity contribution >= 4 is 28.8 Å². The number of amides is 1. The molecule has 0 bridgehead atoms. The van der Waals surface area contributed by atoms with Gasteiger partial charge in [0.15, 0.2) is 0 Å². The fraction of sp³-hybridized carbons (Fsp3) is 0.368. The van der Waals surface area contributed by atoms with E-state index in [0.29, 0.717) is 4.88 Å². The van der Waals surface area contributed by atoms with E-state index in [0.717, 1.165) is 61.1 Å². The molecule has 1 amide bonds. The van der Waals surface area contributed by atoms with E-state index in [9.17, 15) is 4.79 Å². The Morgan fingerprint density at radius 2 is 1.93 bits per heavy atom. The maximum atomic E-state index is 12.7. The minimum absolute atomic E-state index is 0.0709. The SMILES string of the molecule is CCc1nnsc1C(=O)N1CCN(Cc2csc(-c3ccccc3)n2)CC1. The molecule has 0 aliphatic carbocycles. The summed E-state index contributed by atoms with van der Waals surface area (Å²) in [5.74, 6) is 0.0709. The van der Waals surface area contributed by atoms with Crippen LogP contribution in [0.25, 0.3) is 10.6 Å². The third-order valence-corrected chi connectivity index (χ3v) is 6.40. The van der Waals surface area contributed by atoms with Gasteiger partial charge in [-0.1, -0.05) is 41.7 Å². The molecule has 1 aliphatic heterocycles. The van der Waals surface area contributed by atoms with Gasteiger partial charge in [-0.15, -0.1) is 16.4 Å². The van der Waals surface area contributed by atoms with E-state index >= 15 is 0 Å². The summed E-state index contributed by atoms with van der Waals surface area (Å²) in [5, 5.41) is 7.25. The Kier molecular flexibility index (Phi) is 5.56. The van der Waals surface area contributed by atoms with Crippen molar-refractivity contribution < 1.29 is 4.79 Å². The first-order valence-corrected chi connectivity index (χ1v) is 10.7. The molecule has 0 unspecified atom stereocenters. The Balaban J connectivity index is 1.34. The molecular weight excluding hydrogens is 378 g/mol. The number of hydrogen-bond donors (Lipinski definition) is 0. The molecule has 2 aromatic heterocycles. The second-order valence-corrected chi connectivity index (χ2v) is 8.09. The van der Waals surface area contributed by atoms with Crippen molar-refractivity contribution in [3.05, 3.63) is 52.0 Å². The van der Waals surface area contributed by atoms with Gasteiger partial charge in [0.25, 0.3) is 5.91 Å². The van der Waals surface area contributed by atoms with Gasteiger partial charge in [-0.3, -0.25) is 9.69 Å². The van der Waals surface area contributed by atoms with Gasteiger partial charge in [0.05, 0.1) is 11.4 Å². The van der Waals surface area contributed by atoms with Gasteiger partial charge >= 0.3 is 0 Å². The lowest BCUT2D eigenvalue weighted by atomic mass is 10.2. The van der Waals surface area contributed by atoms with Crippen LogP contribution in [0.15, 0.2) is 35.7 Å². The Hall–Kier alpha value is -2.16. The van der Waals surface area contributed by atoms with E-state index in [4.69, 9.17) is 4.98 Å². The normalized spacial score (nSPS) is 15.2. The largest absolute Gasteiger partial charge is 0.335 e. The molecule has 1 saturated heterocycles. The minimum atomic E-state index is 0.0709. The molecule has 6 nitrogen and oxygen atoms in total. The standard InChI is InChI=1S/C19H21N5OS2/c1-2-16-17(27-22-21-16)19(25)24-10-8-23(9-11-24)12-15-13-26-18(20-15)14-6-4-3-5-7-14/h3-7,13H,2,8-12H2,1H3. The number of benzene rings is 1. The Bertz CT molecular complexity index is 900. The van der Waals surface area contributed by atoms with Crippen molar-refractivity contribution in [1.82, 2.24) is 24.4 Å². The zero-order valence-corrected chi connectivity index (χ0v) is 16.8. The lowest BCUT2D eigenvalue weighted by Gasteiger charge is -2.34. The van der Waals surface area contributed by atoms with Crippen LogP contribution in [-0.4, -0.2) is 56.5 Å². The Labute approximate surface area is 166 Å². The first-order valence-electron chi connectivity index (χ1n) is 9.07. The highest BCUT2D eigenvalue weighted by Crippen LogP contribution is 2.24. The van der Waals surface area contributed by atoms with E-state index in [1.807, 2.05) is 30.0 Å². The molecule has 1 aromatic carbocycles. The fourth-order valence-electron chi connectivity index (χ4n) is 3.18. The molecular formula is C19H21N5OS2. The smallest absolute Gasteiger partial charge is 0.267 e. The molecule has 0 saturated carbocycles. The molecule has 0 N–H and O–H groups in total. The van der Waals surface area contributed by atoms with Gasteiger partial charge < -0.3 is 4.90 Å². The average molecular weight is 400 g/mol. The maximum absolute atomic E-state index is 12.7. The number of hydrogen-bond acceptors (Lipinski definition) is 7. The summed E-state index contributed by atoms with van der Waals surface area (Å²) < 4.78 is 3.93. The predicted molar refractivity (Wildman–Crippen MR) is 108 cm³/mol. The highest BCUT2D eigenvalue weighted by atomic mass is 32.1. The molecule has 0 spiro atoms. The number of thiazole rings is 1. The van der Waals surface area contributed by atoms with Crippen LogP contribution in [0.2, 0.25) is 0 Å². The van der Waals surface area contributed by atoms with Gasteiger partial charge in [0.2, 0.25) is 0 Å². The Morgan fingerprint density at radius 3 is 2.67 bits per heavy atom. The molecule has 3 heterocycles. The number of aryl methyl sites for hydroxylation is 1. The second kappa shape index (κ2) is 8.24. The zero-order chi connectivity index (χ0) is 18.6. The topological polar surface area (TPSA) is 62.2 Å². The van der Waals surface area contributed by atoms with Crippen molar-refractivity contribution in [2.24, 2.45) is 0 Å². The van der Waals surface area contributed by atoms with Gasteiger partial charge in [-0.25, -0.2) is 4.98 Å². The van der Waals surface area contributed by atoms with E-state index in [2.05, 4.69) is 32.0 Å². The summed E-state index contributed by atoms with van der Waals surface area (Å²) in [6.45, 7) is 6.01. The van der Waals surface area contributed by atoms with Gasteiger partial charge in [0.1, 0.15) is 9.88 Å². The highest BCUT2D eigenvalue weighted by Gasteiger charge is 2.25. The lowest BCUT2D eigenvalue weighted by Crippen LogP contribution is -2.48. The van der Waals surface area contributed by atoms with Crippen LogP contribution in [0.1, 0.15) is 28.0 Å². The van der Waals surface area contributed by atoms with Crippen molar-refractivity contribution in [3.8, 4) is 10.6 Å². The van der Waals surface area contributed by atoms with Crippen LogP contribution in [0.3, 0.4) is 0 Å². The first-order chi connectivity index (χ1) is 13.2. The van der Waals surface area contributed by atoms with Crippen LogP contribution >= 0.6 is 22.9 Å². The van der Waals surface area contributed by atoms with E-state index in [1.165, 1.54) is 11.5 Å². The molecule has 140 valence electrons. The summed E-state index contributed by atoms with van der Waals surface area (Å²) in [6, 6.07) is 10.3. The van der Waals surface area contributed by atoms with Crippen LogP contribution in [0.4, 0.5) is 0 Å². The summed E-state index contributed by atoms with van der Waals surface area (Å²) >= 11 is 2.89. The van der Waals surface area contributed by atoms with Crippen molar-refractivity contribution in [3.63, 3.8) is 0 Å². The lowest BCUT2D eigenvalue weighted by molar-refractivity contribution is 0.0631. The summed E-state index contributed by atoms with van der Waals surface area (Å²) in [4.78, 5) is 22.4. The molecule has 1 aliphatic rings. The monoisotopic (exact) mass is 399 g/mol. The molecule has 3 aromatic rings. The molecule has 4 rings (SSSR count). The number of carbonyl (C=O) groups excluding carboxylic acids is 1. The van der Waals surface area contributed by atoms with Crippen molar-refractivity contribution in [2.45, 2.75) is 19.9 Å². The molecule has 0 atom stereocenters. The van der Waals surface area contributed by atoms with E-state index in [1.54, 1.807) is 11.3 Å². The summed E-state index contributed by atoms with van der Waals surface area (Å²) in [7, 11) is 0. The summed E-state index contributed by atoms with van der Waals surface area (Å²) in [5.41, 5.74) is 3.07. The highest BCUT2D eigenvalue weighted by molar-refractivity contribution is 7.13. The van der Waals surface area contributed by atoms with Gasteiger partial charge in [-0.2, -0.15) is 0 Å². The third-order valence-electron chi connectivity index (χ3n) is 4.70. The first kappa shape index (κ1) is 18.2. The number of piperazine rings is 1. The number of rotatable bonds is 5. The van der Waals surface area contributed by atoms with E-state index < -0.39 is 0 Å². The van der Waals surface area contributed by atoms with Crippen LogP contribution in [-0.2, 0) is 13.0 Å². The fourth-order valence-corrected chi connectivity index (χ4v) is 4.71. The quantitative estimate of drug-likeness (QED) is 0.659. The number of nitrogens with zero attached hydrogens (tertiary/aromatic N) is 5. The predicted octanol–water partition coefficient (Wildman–Crippen LogP) is 3.18. The van der Waals surface area contributed by atoms with Gasteiger partial charge in [0, 0.05) is 43.7 Å². The van der Waals surface area contributed by atoms with Crippen LogP contribution in [0, 0.1) is 0 Å². The zero-order valence-electron chi connectivity index (χ0n) is 15.2. The molecule has 27 heavy (non-hydrogen) atoms. The van der Waals surface area contributed by atoms with Crippen molar-refractivity contribution in [2.75, 3.05) is 26.2 Å². The van der Waals surface area contributed by atoms with Crippen molar-refractivity contribution in [1.29, 1.82) is 0 Å².